The summed E-state index contributed by atoms with van der Waals surface area (Å²) in [4.78, 5) is 13.5. The van der Waals surface area contributed by atoms with E-state index in [1.807, 2.05) is 78.9 Å². The van der Waals surface area contributed by atoms with Crippen LogP contribution in [0.3, 0.4) is 0 Å². The van der Waals surface area contributed by atoms with E-state index in [9.17, 15) is 0 Å². The summed E-state index contributed by atoms with van der Waals surface area (Å²) in [6.45, 7) is 0. The topological polar surface area (TPSA) is 47.9 Å². The van der Waals surface area contributed by atoms with E-state index in [-0.39, 0.29) is 0 Å². The maximum atomic E-state index is 6.01. The molecule has 0 N–H and O–H groups in total. The second-order valence-corrected chi connectivity index (χ2v) is 5.42. The Morgan fingerprint density at radius 3 is 1.60 bits per heavy atom. The number of nitrogens with zero attached hydrogens (tertiary/aromatic N) is 3. The Morgan fingerprint density at radius 2 is 1.08 bits per heavy atom. The average molecular weight is 325 g/mol. The maximum absolute atomic E-state index is 6.01. The molecule has 3 aromatic heterocycles. The highest BCUT2D eigenvalue weighted by molar-refractivity contribution is 5.64. The molecule has 0 aliphatic carbocycles. The highest BCUT2D eigenvalue weighted by Gasteiger charge is 2.10. The number of para-hydroxylation sites is 1. The second kappa shape index (κ2) is 6.93. The first-order valence-electron chi connectivity index (χ1n) is 7.96. The Labute approximate surface area is 145 Å². The van der Waals surface area contributed by atoms with Crippen LogP contribution in [0.2, 0.25) is 0 Å². The standard InChI is InChI=1S/C21H15N3O/c1-2-8-16(9-3-1)25-17-14-20(18-10-4-6-12-22-18)24-21(15-17)19-11-5-7-13-23-19/h1-15H. The maximum Gasteiger partial charge on any atom is 0.131 e. The summed E-state index contributed by atoms with van der Waals surface area (Å²) in [5, 5.41) is 0. The van der Waals surface area contributed by atoms with Crippen LogP contribution in [0.1, 0.15) is 0 Å². The average Bonchev–Trinajstić information content (AvgIpc) is 2.70. The zero-order chi connectivity index (χ0) is 16.9. The van der Waals surface area contributed by atoms with Gasteiger partial charge in [-0.1, -0.05) is 30.3 Å². The third-order valence-corrected chi connectivity index (χ3v) is 3.63. The third kappa shape index (κ3) is 3.53. The predicted molar refractivity (Wildman–Crippen MR) is 97.2 cm³/mol. The third-order valence-electron chi connectivity index (χ3n) is 3.63. The van der Waals surface area contributed by atoms with Gasteiger partial charge in [0.15, 0.2) is 0 Å². The van der Waals surface area contributed by atoms with Crippen molar-refractivity contribution in [3.05, 3.63) is 91.3 Å². The van der Waals surface area contributed by atoms with E-state index in [0.29, 0.717) is 5.75 Å². The molecule has 0 atom stereocenters. The Morgan fingerprint density at radius 1 is 0.520 bits per heavy atom. The molecule has 0 bridgehead atoms. The van der Waals surface area contributed by atoms with Crippen LogP contribution in [0.5, 0.6) is 11.5 Å². The molecule has 0 amide bonds. The lowest BCUT2D eigenvalue weighted by Crippen LogP contribution is -1.94. The van der Waals surface area contributed by atoms with Crippen molar-refractivity contribution in [3.63, 3.8) is 0 Å². The molecule has 4 rings (SSSR count). The van der Waals surface area contributed by atoms with Gasteiger partial charge in [-0.15, -0.1) is 0 Å². The molecule has 0 unspecified atom stereocenters. The second-order valence-electron chi connectivity index (χ2n) is 5.42. The van der Waals surface area contributed by atoms with Crippen molar-refractivity contribution >= 4 is 0 Å². The molecule has 0 spiro atoms. The van der Waals surface area contributed by atoms with Crippen LogP contribution < -0.4 is 4.74 Å². The van der Waals surface area contributed by atoms with Crippen LogP contribution >= 0.6 is 0 Å². The summed E-state index contributed by atoms with van der Waals surface area (Å²) in [5.74, 6) is 1.47. The highest BCUT2D eigenvalue weighted by Crippen LogP contribution is 2.29. The van der Waals surface area contributed by atoms with Crippen LogP contribution in [-0.4, -0.2) is 15.0 Å². The van der Waals surface area contributed by atoms with E-state index < -0.39 is 0 Å². The Hall–Kier alpha value is -3.53. The van der Waals surface area contributed by atoms with E-state index >= 15 is 0 Å². The molecule has 4 nitrogen and oxygen atoms in total. The van der Waals surface area contributed by atoms with E-state index in [2.05, 4.69) is 9.97 Å². The summed E-state index contributed by atoms with van der Waals surface area (Å²) >= 11 is 0. The molecular formula is C21H15N3O. The number of hydrogen-bond donors (Lipinski definition) is 0. The van der Waals surface area contributed by atoms with E-state index in [0.717, 1.165) is 28.5 Å². The minimum Gasteiger partial charge on any atom is -0.457 e. The van der Waals surface area contributed by atoms with Crippen molar-refractivity contribution < 1.29 is 4.74 Å². The monoisotopic (exact) mass is 325 g/mol. The number of rotatable bonds is 4. The molecule has 3 heterocycles. The number of pyridine rings is 3. The van der Waals surface area contributed by atoms with Crippen molar-refractivity contribution in [3.8, 4) is 34.3 Å². The minimum atomic E-state index is 0.697. The van der Waals surface area contributed by atoms with Crippen molar-refractivity contribution in [2.75, 3.05) is 0 Å². The van der Waals surface area contributed by atoms with E-state index in [1.54, 1.807) is 12.4 Å². The van der Waals surface area contributed by atoms with Gasteiger partial charge >= 0.3 is 0 Å². The normalized spacial score (nSPS) is 10.4. The molecule has 120 valence electrons. The molecule has 0 fully saturated rings. The summed E-state index contributed by atoms with van der Waals surface area (Å²) in [5.41, 5.74) is 3.07. The van der Waals surface area contributed by atoms with Crippen LogP contribution in [0.25, 0.3) is 22.8 Å². The lowest BCUT2D eigenvalue weighted by molar-refractivity contribution is 0.482. The van der Waals surface area contributed by atoms with Gasteiger partial charge in [0.25, 0.3) is 0 Å². The number of benzene rings is 1. The SMILES string of the molecule is c1ccc(Oc2cc(-c3ccccn3)nc(-c3ccccn3)c2)cc1. The zero-order valence-corrected chi connectivity index (χ0v) is 13.4. The van der Waals surface area contributed by atoms with Gasteiger partial charge in [0.2, 0.25) is 0 Å². The number of ether oxygens (including phenoxy) is 1. The molecule has 1 aromatic carbocycles. The Bertz CT molecular complexity index is 900. The molecule has 4 aromatic rings. The first-order chi connectivity index (χ1) is 12.4. The molecule has 0 radical (unpaired) electrons. The van der Waals surface area contributed by atoms with Gasteiger partial charge in [-0.3, -0.25) is 9.97 Å². The molecular weight excluding hydrogens is 310 g/mol. The highest BCUT2D eigenvalue weighted by atomic mass is 16.5. The molecule has 0 aliphatic rings. The smallest absolute Gasteiger partial charge is 0.131 e. The van der Waals surface area contributed by atoms with E-state index in [4.69, 9.17) is 9.72 Å². The van der Waals surface area contributed by atoms with Gasteiger partial charge < -0.3 is 4.74 Å². The van der Waals surface area contributed by atoms with Gasteiger partial charge in [-0.05, 0) is 36.4 Å². The quantitative estimate of drug-likeness (QED) is 0.530. The summed E-state index contributed by atoms with van der Waals surface area (Å²) in [7, 11) is 0. The van der Waals surface area contributed by atoms with Gasteiger partial charge in [0, 0.05) is 24.5 Å². The van der Waals surface area contributed by atoms with Gasteiger partial charge in [-0.2, -0.15) is 0 Å². The van der Waals surface area contributed by atoms with Crippen molar-refractivity contribution in [2.24, 2.45) is 0 Å². The lowest BCUT2D eigenvalue weighted by atomic mass is 10.2. The lowest BCUT2D eigenvalue weighted by Gasteiger charge is -2.10. The summed E-state index contributed by atoms with van der Waals surface area (Å²) in [6, 6.07) is 25.0. The van der Waals surface area contributed by atoms with Gasteiger partial charge in [0.1, 0.15) is 11.5 Å². The van der Waals surface area contributed by atoms with Crippen LogP contribution in [0.4, 0.5) is 0 Å². The zero-order valence-electron chi connectivity index (χ0n) is 13.4. The van der Waals surface area contributed by atoms with Gasteiger partial charge in [0.05, 0.1) is 22.8 Å². The fourth-order valence-electron chi connectivity index (χ4n) is 2.48. The van der Waals surface area contributed by atoms with Gasteiger partial charge in [-0.25, -0.2) is 4.98 Å². The van der Waals surface area contributed by atoms with Crippen LogP contribution in [-0.2, 0) is 0 Å². The Kier molecular flexibility index (Phi) is 4.16. The number of aromatic nitrogens is 3. The van der Waals surface area contributed by atoms with E-state index in [1.165, 1.54) is 0 Å². The largest absolute Gasteiger partial charge is 0.457 e. The summed E-state index contributed by atoms with van der Waals surface area (Å²) in [6.07, 6.45) is 3.50. The predicted octanol–water partition coefficient (Wildman–Crippen LogP) is 5.00. The minimum absolute atomic E-state index is 0.697. The molecule has 25 heavy (non-hydrogen) atoms. The van der Waals surface area contributed by atoms with Crippen molar-refractivity contribution in [1.29, 1.82) is 0 Å². The molecule has 0 aliphatic heterocycles. The van der Waals surface area contributed by atoms with Crippen LogP contribution in [0.15, 0.2) is 91.3 Å². The summed E-state index contributed by atoms with van der Waals surface area (Å²) < 4.78 is 6.01. The van der Waals surface area contributed by atoms with Crippen LogP contribution in [0, 0.1) is 0 Å². The fraction of sp³-hybridized carbons (Fsp3) is 0. The first-order valence-corrected chi connectivity index (χ1v) is 7.96. The first kappa shape index (κ1) is 15.0. The molecule has 0 saturated heterocycles. The van der Waals surface area contributed by atoms with Crippen molar-refractivity contribution in [2.45, 2.75) is 0 Å². The Balaban J connectivity index is 1.80. The molecule has 0 saturated carbocycles. The van der Waals surface area contributed by atoms with Crippen molar-refractivity contribution in [1.82, 2.24) is 15.0 Å². The molecule has 4 heteroatoms. The number of hydrogen-bond acceptors (Lipinski definition) is 4. The fourth-order valence-corrected chi connectivity index (χ4v) is 2.48.